The SMILES string of the molecule is CC(C)(C)N(CC(N)=O)c1ccc(C#N)c(C(F)(F)F)c1. The van der Waals surface area contributed by atoms with Crippen molar-refractivity contribution in [1.82, 2.24) is 0 Å². The smallest absolute Gasteiger partial charge is 0.368 e. The number of benzene rings is 1. The van der Waals surface area contributed by atoms with Crippen molar-refractivity contribution in [2.24, 2.45) is 5.73 Å². The van der Waals surface area contributed by atoms with Crippen molar-refractivity contribution in [1.29, 1.82) is 5.26 Å². The number of hydrogen-bond acceptors (Lipinski definition) is 3. The van der Waals surface area contributed by atoms with Crippen molar-refractivity contribution in [2.45, 2.75) is 32.5 Å². The number of nitriles is 1. The third-order valence-electron chi connectivity index (χ3n) is 2.86. The highest BCUT2D eigenvalue weighted by molar-refractivity contribution is 5.80. The van der Waals surface area contributed by atoms with Gasteiger partial charge in [-0.25, -0.2) is 0 Å². The van der Waals surface area contributed by atoms with Crippen LogP contribution in [0.15, 0.2) is 18.2 Å². The molecule has 1 rings (SSSR count). The summed E-state index contributed by atoms with van der Waals surface area (Å²) in [5, 5.41) is 8.78. The van der Waals surface area contributed by atoms with E-state index >= 15 is 0 Å². The highest BCUT2D eigenvalue weighted by Crippen LogP contribution is 2.35. The molecule has 0 heterocycles. The molecule has 114 valence electrons. The van der Waals surface area contributed by atoms with Crippen LogP contribution in [-0.4, -0.2) is 18.0 Å². The molecule has 0 spiro atoms. The molecule has 1 aromatic rings. The highest BCUT2D eigenvalue weighted by Gasteiger charge is 2.35. The van der Waals surface area contributed by atoms with Gasteiger partial charge in [-0.3, -0.25) is 4.79 Å². The van der Waals surface area contributed by atoms with E-state index in [1.807, 2.05) is 0 Å². The molecular formula is C14H16F3N3O. The molecule has 0 atom stereocenters. The molecule has 0 aliphatic rings. The van der Waals surface area contributed by atoms with E-state index in [0.29, 0.717) is 0 Å². The fraction of sp³-hybridized carbons (Fsp3) is 0.429. The Morgan fingerprint density at radius 2 is 1.90 bits per heavy atom. The van der Waals surface area contributed by atoms with Gasteiger partial charge in [0, 0.05) is 11.2 Å². The molecule has 7 heteroatoms. The molecule has 0 aromatic heterocycles. The maximum absolute atomic E-state index is 13.0. The number of nitrogens with two attached hydrogens (primary N) is 1. The van der Waals surface area contributed by atoms with E-state index in [-0.39, 0.29) is 12.2 Å². The number of primary amides is 1. The summed E-state index contributed by atoms with van der Waals surface area (Å²) in [6.07, 6.45) is -4.64. The number of anilines is 1. The number of carbonyl (C=O) groups is 1. The van der Waals surface area contributed by atoms with Crippen molar-refractivity contribution in [3.63, 3.8) is 0 Å². The third-order valence-corrected chi connectivity index (χ3v) is 2.86. The Kier molecular flexibility index (Phi) is 4.52. The first-order chi connectivity index (χ1) is 9.46. The second kappa shape index (κ2) is 5.64. The summed E-state index contributed by atoms with van der Waals surface area (Å²) in [6, 6.07) is 4.86. The van der Waals surface area contributed by atoms with E-state index in [1.165, 1.54) is 17.0 Å². The Labute approximate surface area is 121 Å². The highest BCUT2D eigenvalue weighted by atomic mass is 19.4. The van der Waals surface area contributed by atoms with Crippen LogP contribution in [0.2, 0.25) is 0 Å². The molecule has 0 fully saturated rings. The number of nitrogens with zero attached hydrogens (tertiary/aromatic N) is 2. The summed E-state index contributed by atoms with van der Waals surface area (Å²) in [5.41, 5.74) is 3.25. The third kappa shape index (κ3) is 4.12. The number of rotatable bonds is 3. The Hall–Kier alpha value is -2.23. The van der Waals surface area contributed by atoms with Gasteiger partial charge in [0.15, 0.2) is 0 Å². The maximum atomic E-state index is 13.0. The maximum Gasteiger partial charge on any atom is 0.417 e. The second-order valence-corrected chi connectivity index (χ2v) is 5.56. The zero-order valence-corrected chi connectivity index (χ0v) is 12.0. The van der Waals surface area contributed by atoms with Crippen LogP contribution in [0, 0.1) is 11.3 Å². The van der Waals surface area contributed by atoms with Crippen molar-refractivity contribution in [2.75, 3.05) is 11.4 Å². The van der Waals surface area contributed by atoms with Gasteiger partial charge in [-0.15, -0.1) is 0 Å². The number of halogens is 3. The van der Waals surface area contributed by atoms with Crippen molar-refractivity contribution >= 4 is 11.6 Å². The fourth-order valence-electron chi connectivity index (χ4n) is 1.90. The summed E-state index contributed by atoms with van der Waals surface area (Å²) in [4.78, 5) is 12.6. The lowest BCUT2D eigenvalue weighted by atomic mass is 10.0. The number of carbonyl (C=O) groups excluding carboxylic acids is 1. The van der Waals surface area contributed by atoms with Gasteiger partial charge in [-0.2, -0.15) is 18.4 Å². The molecule has 4 nitrogen and oxygen atoms in total. The monoisotopic (exact) mass is 299 g/mol. The largest absolute Gasteiger partial charge is 0.417 e. The lowest BCUT2D eigenvalue weighted by Gasteiger charge is -2.37. The van der Waals surface area contributed by atoms with E-state index in [0.717, 1.165) is 12.1 Å². The molecular weight excluding hydrogens is 283 g/mol. The summed E-state index contributed by atoms with van der Waals surface area (Å²) in [6.45, 7) is 5.04. The van der Waals surface area contributed by atoms with E-state index < -0.39 is 28.7 Å². The second-order valence-electron chi connectivity index (χ2n) is 5.56. The van der Waals surface area contributed by atoms with Crippen LogP contribution in [0.3, 0.4) is 0 Å². The number of alkyl halides is 3. The van der Waals surface area contributed by atoms with E-state index in [2.05, 4.69) is 0 Å². The zero-order chi connectivity index (χ0) is 16.4. The Balaban J connectivity index is 3.41. The lowest BCUT2D eigenvalue weighted by molar-refractivity contribution is -0.137. The van der Waals surface area contributed by atoms with Crippen molar-refractivity contribution in [3.8, 4) is 6.07 Å². The summed E-state index contributed by atoms with van der Waals surface area (Å²) in [7, 11) is 0. The van der Waals surface area contributed by atoms with Gasteiger partial charge < -0.3 is 10.6 Å². The quantitative estimate of drug-likeness (QED) is 0.932. The molecule has 0 aliphatic heterocycles. The topological polar surface area (TPSA) is 70.1 Å². The molecule has 0 radical (unpaired) electrons. The van der Waals surface area contributed by atoms with Gasteiger partial charge in [-0.1, -0.05) is 0 Å². The Morgan fingerprint density at radius 1 is 1.33 bits per heavy atom. The average molecular weight is 299 g/mol. The first kappa shape index (κ1) is 16.8. The predicted octanol–water partition coefficient (Wildman–Crippen LogP) is 2.67. The van der Waals surface area contributed by atoms with Crippen LogP contribution in [0.1, 0.15) is 31.9 Å². The van der Waals surface area contributed by atoms with E-state index in [1.54, 1.807) is 20.8 Å². The molecule has 0 bridgehead atoms. The van der Waals surface area contributed by atoms with Gasteiger partial charge in [-0.05, 0) is 39.0 Å². The van der Waals surface area contributed by atoms with Crippen LogP contribution in [0.5, 0.6) is 0 Å². The number of hydrogen-bond donors (Lipinski definition) is 1. The zero-order valence-electron chi connectivity index (χ0n) is 12.0. The predicted molar refractivity (Wildman–Crippen MR) is 72.5 cm³/mol. The van der Waals surface area contributed by atoms with Gasteiger partial charge >= 0.3 is 6.18 Å². The van der Waals surface area contributed by atoms with Crippen LogP contribution in [-0.2, 0) is 11.0 Å². The summed E-state index contributed by atoms with van der Waals surface area (Å²) >= 11 is 0. The van der Waals surface area contributed by atoms with Crippen LogP contribution < -0.4 is 10.6 Å². The van der Waals surface area contributed by atoms with Gasteiger partial charge in [0.25, 0.3) is 0 Å². The van der Waals surface area contributed by atoms with Crippen molar-refractivity contribution in [3.05, 3.63) is 29.3 Å². The van der Waals surface area contributed by atoms with Crippen molar-refractivity contribution < 1.29 is 18.0 Å². The summed E-state index contributed by atoms with van der Waals surface area (Å²) in [5.74, 6) is -0.650. The van der Waals surface area contributed by atoms with E-state index in [9.17, 15) is 18.0 Å². The van der Waals surface area contributed by atoms with Gasteiger partial charge in [0.1, 0.15) is 0 Å². The van der Waals surface area contributed by atoms with Crippen LogP contribution in [0.4, 0.5) is 18.9 Å². The fourth-order valence-corrected chi connectivity index (χ4v) is 1.90. The molecule has 21 heavy (non-hydrogen) atoms. The molecule has 2 N–H and O–H groups in total. The molecule has 1 amide bonds. The molecule has 1 aromatic carbocycles. The minimum atomic E-state index is -4.64. The average Bonchev–Trinajstić information content (AvgIpc) is 2.32. The molecule has 0 saturated heterocycles. The summed E-state index contributed by atoms with van der Waals surface area (Å²) < 4.78 is 38.9. The lowest BCUT2D eigenvalue weighted by Crippen LogP contribution is -2.46. The molecule has 0 unspecified atom stereocenters. The molecule has 0 saturated carbocycles. The Bertz CT molecular complexity index is 583. The van der Waals surface area contributed by atoms with E-state index in [4.69, 9.17) is 11.0 Å². The Morgan fingerprint density at radius 3 is 2.29 bits per heavy atom. The first-order valence-electron chi connectivity index (χ1n) is 6.14. The van der Waals surface area contributed by atoms with Crippen LogP contribution >= 0.6 is 0 Å². The minimum absolute atomic E-state index is 0.188. The van der Waals surface area contributed by atoms with Crippen LogP contribution in [0.25, 0.3) is 0 Å². The molecule has 0 aliphatic carbocycles. The minimum Gasteiger partial charge on any atom is -0.368 e. The standard InChI is InChI=1S/C14H16F3N3O/c1-13(2,3)20(8-12(19)21)10-5-4-9(7-18)11(6-10)14(15,16)17/h4-6H,8H2,1-3H3,(H2,19,21). The van der Waals surface area contributed by atoms with Gasteiger partial charge in [0.2, 0.25) is 5.91 Å². The number of amides is 1. The van der Waals surface area contributed by atoms with Gasteiger partial charge in [0.05, 0.1) is 23.7 Å². The normalized spacial score (nSPS) is 11.9. The first-order valence-corrected chi connectivity index (χ1v) is 6.14.